The van der Waals surface area contributed by atoms with Gasteiger partial charge < -0.3 is 19.2 Å². The molecule has 1 N–H and O–H groups in total. The van der Waals surface area contributed by atoms with Gasteiger partial charge in [-0.25, -0.2) is 0 Å². The summed E-state index contributed by atoms with van der Waals surface area (Å²) < 4.78 is 15.0. The van der Waals surface area contributed by atoms with Gasteiger partial charge in [0.1, 0.15) is 0 Å². The molecule has 0 amide bonds. The first kappa shape index (κ1) is 11.0. The van der Waals surface area contributed by atoms with Crippen LogP contribution in [0.5, 0.6) is 17.4 Å². The van der Waals surface area contributed by atoms with Crippen molar-refractivity contribution in [1.82, 2.24) is 4.98 Å². The first-order chi connectivity index (χ1) is 5.33. The zero-order valence-corrected chi connectivity index (χ0v) is 8.03. The lowest BCUT2D eigenvalue weighted by molar-refractivity contribution is 0.327. The topological polar surface area (TPSA) is 43.5 Å². The highest BCUT2D eigenvalue weighted by Crippen LogP contribution is 2.35. The normalized spacial score (nSPS) is 8.58. The van der Waals surface area contributed by atoms with Crippen molar-refractivity contribution < 1.29 is 14.2 Å². The Kier molecular flexibility index (Phi) is 4.36. The Labute approximate surface area is 77.2 Å². The van der Waals surface area contributed by atoms with Crippen LogP contribution in [0.4, 0.5) is 0 Å². The monoisotopic (exact) mass is 193 g/mol. The van der Waals surface area contributed by atoms with Crippen LogP contribution >= 0.6 is 12.4 Å². The summed E-state index contributed by atoms with van der Waals surface area (Å²) in [6.07, 6.45) is 1.68. The summed E-state index contributed by atoms with van der Waals surface area (Å²) >= 11 is 0. The minimum atomic E-state index is 0. The fourth-order valence-electron chi connectivity index (χ4n) is 0.871. The largest absolute Gasteiger partial charge is 0.491 e. The van der Waals surface area contributed by atoms with Crippen LogP contribution in [0.3, 0.4) is 0 Å². The lowest BCUT2D eigenvalue weighted by Gasteiger charge is -2.02. The molecule has 70 valence electrons. The Hall–Kier alpha value is -1.03. The van der Waals surface area contributed by atoms with E-state index in [1.807, 2.05) is 0 Å². The first-order valence-electron chi connectivity index (χ1n) is 3.16. The van der Waals surface area contributed by atoms with E-state index < -0.39 is 0 Å². The second kappa shape index (κ2) is 4.77. The number of hydrogen-bond donors (Lipinski definition) is 1. The molecule has 1 aromatic rings. The van der Waals surface area contributed by atoms with Crippen molar-refractivity contribution in [3.8, 4) is 17.4 Å². The molecule has 0 bridgehead atoms. The minimum absolute atomic E-state index is 0. The Morgan fingerprint density at radius 1 is 1.08 bits per heavy atom. The van der Waals surface area contributed by atoms with E-state index in [4.69, 9.17) is 14.2 Å². The highest BCUT2D eigenvalue weighted by molar-refractivity contribution is 5.85. The zero-order chi connectivity index (χ0) is 8.27. The molecule has 5 heteroatoms. The molecule has 0 aliphatic heterocycles. The van der Waals surface area contributed by atoms with Gasteiger partial charge in [-0.05, 0) is 0 Å². The Bertz CT molecular complexity index is 215. The van der Waals surface area contributed by atoms with E-state index in [2.05, 4.69) is 4.98 Å². The van der Waals surface area contributed by atoms with Gasteiger partial charge in [-0.3, -0.25) is 0 Å². The van der Waals surface area contributed by atoms with Crippen LogP contribution in [0.15, 0.2) is 6.20 Å². The van der Waals surface area contributed by atoms with Gasteiger partial charge >= 0.3 is 0 Å². The number of rotatable bonds is 3. The van der Waals surface area contributed by atoms with E-state index in [-0.39, 0.29) is 12.4 Å². The molecule has 0 saturated carbocycles. The van der Waals surface area contributed by atoms with Gasteiger partial charge in [-0.2, -0.15) is 0 Å². The van der Waals surface area contributed by atoms with Crippen LogP contribution in [0.25, 0.3) is 0 Å². The standard InChI is InChI=1S/C7H11NO3.ClH/c1-9-5-4-8-7(11-3)6(5)10-2;/h4,8H,1-3H3;1H. The number of halogens is 1. The van der Waals surface area contributed by atoms with Crippen molar-refractivity contribution in [2.45, 2.75) is 0 Å². The van der Waals surface area contributed by atoms with Crippen molar-refractivity contribution in [1.29, 1.82) is 0 Å². The molecule has 4 nitrogen and oxygen atoms in total. The molecule has 0 fully saturated rings. The first-order valence-corrected chi connectivity index (χ1v) is 3.16. The average Bonchev–Trinajstić information content (AvgIpc) is 2.45. The molecule has 1 heterocycles. The van der Waals surface area contributed by atoms with E-state index in [0.717, 1.165) is 0 Å². The van der Waals surface area contributed by atoms with Gasteiger partial charge in [0.05, 0.1) is 27.5 Å². The predicted molar refractivity (Wildman–Crippen MR) is 47.7 cm³/mol. The summed E-state index contributed by atoms with van der Waals surface area (Å²) in [5.74, 6) is 1.81. The molecule has 0 radical (unpaired) electrons. The Balaban J connectivity index is 0.00000121. The number of ether oxygens (including phenoxy) is 3. The molecule has 0 spiro atoms. The van der Waals surface area contributed by atoms with Crippen LogP contribution in [0.2, 0.25) is 0 Å². The van der Waals surface area contributed by atoms with Crippen molar-refractivity contribution >= 4 is 12.4 Å². The van der Waals surface area contributed by atoms with Crippen molar-refractivity contribution in [3.05, 3.63) is 6.20 Å². The van der Waals surface area contributed by atoms with Gasteiger partial charge in [0.15, 0.2) is 5.75 Å². The third-order valence-corrected chi connectivity index (χ3v) is 1.39. The van der Waals surface area contributed by atoms with E-state index in [0.29, 0.717) is 17.4 Å². The maximum atomic E-state index is 5.02. The molecular formula is C7H12ClNO3. The molecular weight excluding hydrogens is 182 g/mol. The molecule has 0 aromatic carbocycles. The Morgan fingerprint density at radius 3 is 2.17 bits per heavy atom. The maximum Gasteiger partial charge on any atom is 0.238 e. The summed E-state index contributed by atoms with van der Waals surface area (Å²) in [6, 6.07) is 0. The van der Waals surface area contributed by atoms with Crippen LogP contribution < -0.4 is 14.2 Å². The van der Waals surface area contributed by atoms with Crippen LogP contribution in [0, 0.1) is 0 Å². The van der Waals surface area contributed by atoms with Gasteiger partial charge in [0, 0.05) is 0 Å². The lowest BCUT2D eigenvalue weighted by Crippen LogP contribution is -1.89. The molecule has 1 aromatic heterocycles. The summed E-state index contributed by atoms with van der Waals surface area (Å²) in [4.78, 5) is 2.85. The lowest BCUT2D eigenvalue weighted by atomic mass is 10.5. The van der Waals surface area contributed by atoms with Crippen molar-refractivity contribution in [2.24, 2.45) is 0 Å². The summed E-state index contributed by atoms with van der Waals surface area (Å²) in [5.41, 5.74) is 0. The fraction of sp³-hybridized carbons (Fsp3) is 0.429. The summed E-state index contributed by atoms with van der Waals surface area (Å²) in [6.45, 7) is 0. The molecule has 0 atom stereocenters. The van der Waals surface area contributed by atoms with Crippen LogP contribution in [-0.4, -0.2) is 26.3 Å². The third kappa shape index (κ3) is 1.76. The number of aromatic amines is 1. The Morgan fingerprint density at radius 2 is 1.75 bits per heavy atom. The minimum Gasteiger partial charge on any atom is -0.491 e. The fourth-order valence-corrected chi connectivity index (χ4v) is 0.871. The van der Waals surface area contributed by atoms with E-state index >= 15 is 0 Å². The predicted octanol–water partition coefficient (Wildman–Crippen LogP) is 1.46. The smallest absolute Gasteiger partial charge is 0.238 e. The molecule has 1 rings (SSSR count). The molecule has 0 aliphatic carbocycles. The number of methoxy groups -OCH3 is 3. The SMILES string of the molecule is COc1c[nH]c(OC)c1OC.Cl. The summed E-state index contributed by atoms with van der Waals surface area (Å²) in [5, 5.41) is 0. The summed E-state index contributed by atoms with van der Waals surface area (Å²) in [7, 11) is 4.70. The quantitative estimate of drug-likeness (QED) is 0.791. The van der Waals surface area contributed by atoms with E-state index in [9.17, 15) is 0 Å². The number of nitrogens with one attached hydrogen (secondary N) is 1. The van der Waals surface area contributed by atoms with E-state index in [1.165, 1.54) is 0 Å². The highest BCUT2D eigenvalue weighted by Gasteiger charge is 2.11. The second-order valence-corrected chi connectivity index (χ2v) is 1.92. The number of hydrogen-bond acceptors (Lipinski definition) is 3. The van der Waals surface area contributed by atoms with Gasteiger partial charge in [-0.1, -0.05) is 0 Å². The van der Waals surface area contributed by atoms with Crippen molar-refractivity contribution in [3.63, 3.8) is 0 Å². The van der Waals surface area contributed by atoms with Crippen LogP contribution in [-0.2, 0) is 0 Å². The van der Waals surface area contributed by atoms with Crippen molar-refractivity contribution in [2.75, 3.05) is 21.3 Å². The zero-order valence-electron chi connectivity index (χ0n) is 7.21. The number of H-pyrrole nitrogens is 1. The highest BCUT2D eigenvalue weighted by atomic mass is 35.5. The third-order valence-electron chi connectivity index (χ3n) is 1.39. The second-order valence-electron chi connectivity index (χ2n) is 1.92. The number of aromatic nitrogens is 1. The maximum absolute atomic E-state index is 5.02. The van der Waals surface area contributed by atoms with Gasteiger partial charge in [0.2, 0.25) is 11.6 Å². The van der Waals surface area contributed by atoms with E-state index in [1.54, 1.807) is 27.5 Å². The molecule has 0 aliphatic rings. The van der Waals surface area contributed by atoms with Gasteiger partial charge in [-0.15, -0.1) is 12.4 Å². The van der Waals surface area contributed by atoms with Crippen LogP contribution in [0.1, 0.15) is 0 Å². The average molecular weight is 194 g/mol. The van der Waals surface area contributed by atoms with Gasteiger partial charge in [0.25, 0.3) is 0 Å². The molecule has 12 heavy (non-hydrogen) atoms. The molecule has 0 saturated heterocycles. The molecule has 0 unspecified atom stereocenters.